The van der Waals surface area contributed by atoms with Gasteiger partial charge in [-0.15, -0.1) is 0 Å². The summed E-state index contributed by atoms with van der Waals surface area (Å²) in [5, 5.41) is 7.97. The van der Waals surface area contributed by atoms with Gasteiger partial charge in [0, 0.05) is 0 Å². The second-order valence-corrected chi connectivity index (χ2v) is 1.66. The van der Waals surface area contributed by atoms with Gasteiger partial charge in [0.1, 0.15) is 6.07 Å². The van der Waals surface area contributed by atoms with Crippen molar-refractivity contribution in [2.45, 2.75) is 13.8 Å². The van der Waals surface area contributed by atoms with Crippen LogP contribution in [0, 0.1) is 11.3 Å². The molecule has 0 aromatic heterocycles. The lowest BCUT2D eigenvalue weighted by Gasteiger charge is -1.90. The Labute approximate surface area is 49.4 Å². The van der Waals surface area contributed by atoms with Gasteiger partial charge in [-0.2, -0.15) is 5.26 Å². The molecule has 8 heavy (non-hydrogen) atoms. The van der Waals surface area contributed by atoms with Gasteiger partial charge < -0.3 is 4.74 Å². The molecular weight excluding hydrogens is 102 g/mol. The summed E-state index contributed by atoms with van der Waals surface area (Å²) < 4.78 is 4.72. The Bertz CT molecular complexity index is 117. The molecule has 0 aromatic carbocycles. The van der Waals surface area contributed by atoms with Crippen LogP contribution in [0.15, 0.2) is 11.8 Å². The zero-order chi connectivity index (χ0) is 6.41. The summed E-state index contributed by atoms with van der Waals surface area (Å²) in [6.45, 7) is 3.97. The van der Waals surface area contributed by atoms with Crippen LogP contribution in [0.25, 0.3) is 0 Å². The molecule has 44 valence electrons. The highest BCUT2D eigenvalue weighted by Gasteiger charge is 1.75. The van der Waals surface area contributed by atoms with E-state index in [1.807, 2.05) is 19.9 Å². The van der Waals surface area contributed by atoms with Crippen molar-refractivity contribution in [3.05, 3.63) is 11.8 Å². The largest absolute Gasteiger partial charge is 0.486 e. The Balaban J connectivity index is 3.20. The first-order chi connectivity index (χ1) is 3.77. The van der Waals surface area contributed by atoms with Crippen LogP contribution in [0.1, 0.15) is 13.8 Å². The highest BCUT2D eigenvalue weighted by molar-refractivity contribution is 4.87. The SMILES string of the molecule is CC(C)=COCC#N. The maximum absolute atomic E-state index is 7.97. The minimum Gasteiger partial charge on any atom is -0.486 e. The summed E-state index contributed by atoms with van der Waals surface area (Å²) in [4.78, 5) is 0. The molecule has 0 aromatic rings. The molecule has 2 heteroatoms. The number of rotatable bonds is 2. The van der Waals surface area contributed by atoms with Crippen molar-refractivity contribution in [2.24, 2.45) is 0 Å². The van der Waals surface area contributed by atoms with Crippen LogP contribution in [0.4, 0.5) is 0 Å². The molecule has 0 amide bonds. The molecule has 0 heterocycles. The van der Waals surface area contributed by atoms with E-state index in [1.165, 1.54) is 0 Å². The third kappa shape index (κ3) is 5.03. The van der Waals surface area contributed by atoms with Gasteiger partial charge in [0.15, 0.2) is 6.61 Å². The van der Waals surface area contributed by atoms with Crippen molar-refractivity contribution in [2.75, 3.05) is 6.61 Å². The van der Waals surface area contributed by atoms with E-state index in [4.69, 9.17) is 10.00 Å². The fraction of sp³-hybridized carbons (Fsp3) is 0.500. The Morgan fingerprint density at radius 1 is 1.75 bits per heavy atom. The number of allylic oxidation sites excluding steroid dienone is 1. The summed E-state index contributed by atoms with van der Waals surface area (Å²) in [6.07, 6.45) is 1.57. The number of nitrogens with zero attached hydrogens (tertiary/aromatic N) is 1. The summed E-state index contributed by atoms with van der Waals surface area (Å²) in [5.41, 5.74) is 1.07. The van der Waals surface area contributed by atoms with E-state index in [0.29, 0.717) is 0 Å². The minimum atomic E-state index is 0.144. The zero-order valence-electron chi connectivity index (χ0n) is 5.14. The molecule has 0 fully saturated rings. The Kier molecular flexibility index (Phi) is 3.69. The van der Waals surface area contributed by atoms with Crippen LogP contribution < -0.4 is 0 Å². The molecule has 0 rings (SSSR count). The van der Waals surface area contributed by atoms with E-state index < -0.39 is 0 Å². The van der Waals surface area contributed by atoms with Crippen molar-refractivity contribution in [1.29, 1.82) is 5.26 Å². The van der Waals surface area contributed by atoms with Crippen molar-refractivity contribution >= 4 is 0 Å². The second-order valence-electron chi connectivity index (χ2n) is 1.66. The zero-order valence-corrected chi connectivity index (χ0v) is 5.14. The van der Waals surface area contributed by atoms with Gasteiger partial charge in [0.2, 0.25) is 0 Å². The first kappa shape index (κ1) is 7.03. The topological polar surface area (TPSA) is 33.0 Å². The third-order valence-electron chi connectivity index (χ3n) is 0.467. The van der Waals surface area contributed by atoms with Gasteiger partial charge in [-0.05, 0) is 19.4 Å². The fourth-order valence-corrected chi connectivity index (χ4v) is 0.246. The Morgan fingerprint density at radius 2 is 2.38 bits per heavy atom. The van der Waals surface area contributed by atoms with Crippen LogP contribution in [0.2, 0.25) is 0 Å². The molecule has 0 unspecified atom stereocenters. The third-order valence-corrected chi connectivity index (χ3v) is 0.467. The van der Waals surface area contributed by atoms with E-state index in [0.717, 1.165) is 5.57 Å². The normalized spacial score (nSPS) is 7.12. The average Bonchev–Trinajstić information content (AvgIpc) is 1.66. The Morgan fingerprint density at radius 3 is 2.75 bits per heavy atom. The van der Waals surface area contributed by atoms with Crippen molar-refractivity contribution < 1.29 is 4.74 Å². The van der Waals surface area contributed by atoms with E-state index in [2.05, 4.69) is 0 Å². The summed E-state index contributed by atoms with van der Waals surface area (Å²) in [7, 11) is 0. The van der Waals surface area contributed by atoms with Gasteiger partial charge in [-0.1, -0.05) is 0 Å². The molecule has 0 radical (unpaired) electrons. The number of hydrogen-bond donors (Lipinski definition) is 0. The van der Waals surface area contributed by atoms with E-state index >= 15 is 0 Å². The molecule has 0 N–H and O–H groups in total. The van der Waals surface area contributed by atoms with Gasteiger partial charge >= 0.3 is 0 Å². The minimum absolute atomic E-state index is 0.144. The summed E-state index contributed by atoms with van der Waals surface area (Å²) >= 11 is 0. The lowest BCUT2D eigenvalue weighted by Crippen LogP contribution is -1.80. The molecule has 2 nitrogen and oxygen atoms in total. The summed E-state index contributed by atoms with van der Waals surface area (Å²) in [6, 6.07) is 1.86. The quantitative estimate of drug-likeness (QED) is 0.399. The molecule has 0 aliphatic carbocycles. The first-order valence-electron chi connectivity index (χ1n) is 2.39. The van der Waals surface area contributed by atoms with E-state index in [1.54, 1.807) is 6.26 Å². The predicted octanol–water partition coefficient (Wildman–Crippen LogP) is 1.45. The van der Waals surface area contributed by atoms with Gasteiger partial charge in [0.05, 0.1) is 6.26 Å². The Hall–Kier alpha value is -0.970. The standard InChI is InChI=1S/C6H9NO/c1-6(2)5-8-4-3-7/h5H,4H2,1-2H3. The molecule has 0 bridgehead atoms. The van der Waals surface area contributed by atoms with Crippen LogP contribution in [0.3, 0.4) is 0 Å². The average molecular weight is 111 g/mol. The molecule has 0 aliphatic rings. The van der Waals surface area contributed by atoms with E-state index in [-0.39, 0.29) is 6.61 Å². The van der Waals surface area contributed by atoms with Crippen molar-refractivity contribution in [1.82, 2.24) is 0 Å². The maximum atomic E-state index is 7.97. The highest BCUT2D eigenvalue weighted by Crippen LogP contribution is 1.87. The van der Waals surface area contributed by atoms with Gasteiger partial charge in [-0.3, -0.25) is 0 Å². The highest BCUT2D eigenvalue weighted by atomic mass is 16.5. The van der Waals surface area contributed by atoms with Crippen LogP contribution in [-0.4, -0.2) is 6.61 Å². The number of hydrogen-bond acceptors (Lipinski definition) is 2. The predicted molar refractivity (Wildman–Crippen MR) is 31.0 cm³/mol. The van der Waals surface area contributed by atoms with Crippen molar-refractivity contribution in [3.8, 4) is 6.07 Å². The number of ether oxygens (including phenoxy) is 1. The van der Waals surface area contributed by atoms with Crippen LogP contribution in [0.5, 0.6) is 0 Å². The summed E-state index contributed by atoms with van der Waals surface area (Å²) in [5.74, 6) is 0. The number of nitriles is 1. The molecule has 0 spiro atoms. The monoisotopic (exact) mass is 111 g/mol. The smallest absolute Gasteiger partial charge is 0.173 e. The molecule has 0 aliphatic heterocycles. The van der Waals surface area contributed by atoms with Gasteiger partial charge in [0.25, 0.3) is 0 Å². The molecule has 0 atom stereocenters. The fourth-order valence-electron chi connectivity index (χ4n) is 0.246. The maximum Gasteiger partial charge on any atom is 0.173 e. The first-order valence-corrected chi connectivity index (χ1v) is 2.39. The second kappa shape index (κ2) is 4.20. The van der Waals surface area contributed by atoms with Crippen molar-refractivity contribution in [3.63, 3.8) is 0 Å². The van der Waals surface area contributed by atoms with Crippen LogP contribution in [-0.2, 0) is 4.74 Å². The lowest BCUT2D eigenvalue weighted by atomic mass is 10.4. The molecule has 0 saturated heterocycles. The lowest BCUT2D eigenvalue weighted by molar-refractivity contribution is 0.291. The van der Waals surface area contributed by atoms with Gasteiger partial charge in [-0.25, -0.2) is 0 Å². The van der Waals surface area contributed by atoms with Crippen LogP contribution >= 0.6 is 0 Å². The molecular formula is C6H9NO. The van der Waals surface area contributed by atoms with E-state index in [9.17, 15) is 0 Å². The molecule has 0 saturated carbocycles.